The molecule has 1 aliphatic carbocycles. The average Bonchev–Trinajstić information content (AvgIpc) is 2.67. The molecule has 0 unspecified atom stereocenters. The first kappa shape index (κ1) is 16.3. The first-order valence-electron chi connectivity index (χ1n) is 8.65. The molecule has 1 amide bonds. The third-order valence-electron chi connectivity index (χ3n) is 4.78. The van der Waals surface area contributed by atoms with Gasteiger partial charge in [-0.15, -0.1) is 0 Å². The van der Waals surface area contributed by atoms with Gasteiger partial charge in [-0.1, -0.05) is 6.07 Å². The van der Waals surface area contributed by atoms with Crippen LogP contribution in [0.3, 0.4) is 0 Å². The van der Waals surface area contributed by atoms with Gasteiger partial charge in [-0.3, -0.25) is 14.6 Å². The van der Waals surface area contributed by atoms with E-state index >= 15 is 0 Å². The third kappa shape index (κ3) is 2.83. The SMILES string of the molecule is COc1ccnc2c(NC(=O)c3cc4c([nH]c3=O)CCCC4)cccc12. The minimum absolute atomic E-state index is 0.130. The largest absolute Gasteiger partial charge is 0.496 e. The van der Waals surface area contributed by atoms with E-state index in [2.05, 4.69) is 15.3 Å². The highest BCUT2D eigenvalue weighted by Crippen LogP contribution is 2.29. The van der Waals surface area contributed by atoms with Gasteiger partial charge in [0.1, 0.15) is 11.3 Å². The summed E-state index contributed by atoms with van der Waals surface area (Å²) < 4.78 is 5.35. The molecule has 1 aliphatic rings. The second-order valence-corrected chi connectivity index (χ2v) is 6.39. The quantitative estimate of drug-likeness (QED) is 0.761. The van der Waals surface area contributed by atoms with Crippen molar-refractivity contribution in [1.29, 1.82) is 0 Å². The molecular weight excluding hydrogens is 330 g/mol. The van der Waals surface area contributed by atoms with E-state index in [1.54, 1.807) is 31.5 Å². The van der Waals surface area contributed by atoms with Crippen LogP contribution >= 0.6 is 0 Å². The summed E-state index contributed by atoms with van der Waals surface area (Å²) in [5.41, 5.74) is 2.95. The molecule has 0 saturated heterocycles. The maximum Gasteiger partial charge on any atom is 0.261 e. The van der Waals surface area contributed by atoms with Crippen molar-refractivity contribution in [2.45, 2.75) is 25.7 Å². The lowest BCUT2D eigenvalue weighted by atomic mass is 9.95. The van der Waals surface area contributed by atoms with Crippen molar-refractivity contribution in [3.8, 4) is 5.75 Å². The lowest BCUT2D eigenvalue weighted by Crippen LogP contribution is -2.26. The molecule has 0 saturated carbocycles. The summed E-state index contributed by atoms with van der Waals surface area (Å²) in [5.74, 6) is 0.245. The fourth-order valence-electron chi connectivity index (χ4n) is 3.46. The molecule has 0 spiro atoms. The van der Waals surface area contributed by atoms with Gasteiger partial charge in [0.25, 0.3) is 11.5 Å². The number of nitrogens with one attached hydrogen (secondary N) is 2. The molecule has 3 aromatic rings. The van der Waals surface area contributed by atoms with Crippen molar-refractivity contribution >= 4 is 22.5 Å². The number of para-hydroxylation sites is 1. The van der Waals surface area contributed by atoms with Gasteiger partial charge in [-0.25, -0.2) is 0 Å². The van der Waals surface area contributed by atoms with E-state index in [1.165, 1.54) is 0 Å². The Balaban J connectivity index is 1.71. The van der Waals surface area contributed by atoms with Gasteiger partial charge < -0.3 is 15.0 Å². The number of aromatic nitrogens is 2. The van der Waals surface area contributed by atoms with Gasteiger partial charge in [0.2, 0.25) is 0 Å². The first-order valence-corrected chi connectivity index (χ1v) is 8.65. The minimum Gasteiger partial charge on any atom is -0.496 e. The fourth-order valence-corrected chi connectivity index (χ4v) is 3.46. The van der Waals surface area contributed by atoms with E-state index < -0.39 is 5.91 Å². The Morgan fingerprint density at radius 3 is 2.92 bits per heavy atom. The van der Waals surface area contributed by atoms with Gasteiger partial charge in [-0.05, 0) is 55.5 Å². The van der Waals surface area contributed by atoms with Gasteiger partial charge in [0.15, 0.2) is 0 Å². The van der Waals surface area contributed by atoms with Crippen LogP contribution in [0.2, 0.25) is 0 Å². The fraction of sp³-hybridized carbons (Fsp3) is 0.250. The Morgan fingerprint density at radius 1 is 1.23 bits per heavy atom. The highest BCUT2D eigenvalue weighted by molar-refractivity contribution is 6.08. The minimum atomic E-state index is -0.434. The topological polar surface area (TPSA) is 84.1 Å². The number of carbonyl (C=O) groups excluding carboxylic acids is 1. The Bertz CT molecular complexity index is 1060. The van der Waals surface area contributed by atoms with Crippen LogP contribution in [0.15, 0.2) is 41.3 Å². The summed E-state index contributed by atoms with van der Waals surface area (Å²) in [6.07, 6.45) is 5.52. The number of ether oxygens (including phenoxy) is 1. The molecule has 0 fully saturated rings. The molecule has 6 nitrogen and oxygen atoms in total. The Hall–Kier alpha value is -3.15. The monoisotopic (exact) mass is 349 g/mol. The summed E-state index contributed by atoms with van der Waals surface area (Å²) in [6, 6.07) is 8.95. The summed E-state index contributed by atoms with van der Waals surface area (Å²) in [6.45, 7) is 0. The number of benzene rings is 1. The normalized spacial score (nSPS) is 13.3. The third-order valence-corrected chi connectivity index (χ3v) is 4.78. The van der Waals surface area contributed by atoms with Gasteiger partial charge in [0, 0.05) is 17.3 Å². The van der Waals surface area contributed by atoms with Crippen molar-refractivity contribution in [3.63, 3.8) is 0 Å². The van der Waals surface area contributed by atoms with Gasteiger partial charge in [-0.2, -0.15) is 0 Å². The number of rotatable bonds is 3. The van der Waals surface area contributed by atoms with Crippen LogP contribution in [0, 0.1) is 0 Å². The number of pyridine rings is 2. The summed E-state index contributed by atoms with van der Waals surface area (Å²) >= 11 is 0. The molecule has 2 heterocycles. The lowest BCUT2D eigenvalue weighted by Gasteiger charge is -2.16. The number of nitrogens with zero attached hydrogens (tertiary/aromatic N) is 1. The summed E-state index contributed by atoms with van der Waals surface area (Å²) in [4.78, 5) is 32.3. The predicted molar refractivity (Wildman–Crippen MR) is 100.0 cm³/mol. The highest BCUT2D eigenvalue weighted by Gasteiger charge is 2.18. The molecular formula is C20H19N3O3. The second-order valence-electron chi connectivity index (χ2n) is 6.39. The highest BCUT2D eigenvalue weighted by atomic mass is 16.5. The molecule has 2 N–H and O–H groups in total. The number of aryl methyl sites for hydroxylation is 2. The van der Waals surface area contributed by atoms with Crippen molar-refractivity contribution in [2.75, 3.05) is 12.4 Å². The Kier molecular flexibility index (Phi) is 4.16. The van der Waals surface area contributed by atoms with Crippen molar-refractivity contribution in [1.82, 2.24) is 9.97 Å². The number of amides is 1. The Labute approximate surface area is 150 Å². The molecule has 26 heavy (non-hydrogen) atoms. The van der Waals surface area contributed by atoms with E-state index in [9.17, 15) is 9.59 Å². The van der Waals surface area contributed by atoms with Crippen molar-refractivity contribution in [2.24, 2.45) is 0 Å². The second kappa shape index (κ2) is 6.63. The van der Waals surface area contributed by atoms with Crippen LogP contribution in [0.5, 0.6) is 5.75 Å². The number of methoxy groups -OCH3 is 1. The number of H-pyrrole nitrogens is 1. The number of hydrogen-bond acceptors (Lipinski definition) is 4. The first-order chi connectivity index (χ1) is 12.7. The molecule has 0 radical (unpaired) electrons. The van der Waals surface area contributed by atoms with Crippen LogP contribution in [0.1, 0.15) is 34.5 Å². The maximum absolute atomic E-state index is 12.7. The molecule has 1 aromatic carbocycles. The predicted octanol–water partition coefficient (Wildman–Crippen LogP) is 3.06. The van der Waals surface area contributed by atoms with Crippen LogP contribution in [-0.2, 0) is 12.8 Å². The smallest absolute Gasteiger partial charge is 0.261 e. The van der Waals surface area contributed by atoms with Crippen LogP contribution in [0.4, 0.5) is 5.69 Å². The molecule has 0 bridgehead atoms. The van der Waals surface area contributed by atoms with E-state index in [4.69, 9.17) is 4.74 Å². The summed E-state index contributed by atoms with van der Waals surface area (Å²) in [5, 5.41) is 3.62. The van der Waals surface area contributed by atoms with Crippen LogP contribution < -0.4 is 15.6 Å². The van der Waals surface area contributed by atoms with Crippen LogP contribution in [0.25, 0.3) is 10.9 Å². The maximum atomic E-state index is 12.7. The van der Waals surface area contributed by atoms with Gasteiger partial charge in [0.05, 0.1) is 18.3 Å². The average molecular weight is 349 g/mol. The molecule has 2 aromatic heterocycles. The zero-order valence-corrected chi connectivity index (χ0v) is 14.5. The standard InChI is InChI=1S/C20H19N3O3/c1-26-17-9-10-21-18-13(17)6-4-8-16(18)23-20(25)14-11-12-5-2-3-7-15(12)22-19(14)24/h4,6,8-11H,2-3,5,7H2,1H3,(H,22,24)(H,23,25). The van der Waals surface area contributed by atoms with Crippen molar-refractivity contribution < 1.29 is 9.53 Å². The number of carbonyl (C=O) groups is 1. The molecule has 0 aliphatic heterocycles. The molecule has 4 rings (SSSR count). The Morgan fingerprint density at radius 2 is 2.08 bits per heavy atom. The van der Waals surface area contributed by atoms with Gasteiger partial charge >= 0.3 is 0 Å². The van der Waals surface area contributed by atoms with E-state index in [1.807, 2.05) is 12.1 Å². The summed E-state index contributed by atoms with van der Waals surface area (Å²) in [7, 11) is 1.59. The van der Waals surface area contributed by atoms with E-state index in [0.29, 0.717) is 17.0 Å². The van der Waals surface area contributed by atoms with Crippen LogP contribution in [-0.4, -0.2) is 23.0 Å². The van der Waals surface area contributed by atoms with E-state index in [-0.39, 0.29) is 11.1 Å². The zero-order chi connectivity index (χ0) is 18.1. The van der Waals surface area contributed by atoms with Crippen molar-refractivity contribution in [3.05, 3.63) is 63.7 Å². The number of aromatic amines is 1. The zero-order valence-electron chi connectivity index (χ0n) is 14.5. The molecule has 6 heteroatoms. The number of fused-ring (bicyclic) bond motifs is 2. The number of anilines is 1. The molecule has 0 atom stereocenters. The number of hydrogen-bond donors (Lipinski definition) is 2. The lowest BCUT2D eigenvalue weighted by molar-refractivity contribution is 0.102. The van der Waals surface area contributed by atoms with E-state index in [0.717, 1.165) is 42.3 Å². The molecule has 132 valence electrons.